The summed E-state index contributed by atoms with van der Waals surface area (Å²) in [4.78, 5) is 7.00. The van der Waals surface area contributed by atoms with Gasteiger partial charge in [0.2, 0.25) is 0 Å². The number of thiophene rings is 1. The van der Waals surface area contributed by atoms with Gasteiger partial charge in [0, 0.05) is 19.6 Å². The molecule has 1 atom stereocenters. The molecule has 0 radical (unpaired) electrons. The standard InChI is InChI=1S/C20H20FN3OS/c21-17-3-1-16(2-4-17)18-9-22-19-11-25-20(14-24(18)19)6-7-23(13-20)10-15-5-8-26-12-15/h1-5,8-9,12H,6-7,10-11,13-14H2. The van der Waals surface area contributed by atoms with Crippen molar-refractivity contribution in [1.29, 1.82) is 0 Å². The van der Waals surface area contributed by atoms with Gasteiger partial charge < -0.3 is 9.30 Å². The molecule has 2 aliphatic heterocycles. The second-order valence-electron chi connectivity index (χ2n) is 7.22. The van der Waals surface area contributed by atoms with E-state index in [0.717, 1.165) is 49.7 Å². The number of benzene rings is 1. The molecule has 5 rings (SSSR count). The summed E-state index contributed by atoms with van der Waals surface area (Å²) < 4.78 is 21.8. The van der Waals surface area contributed by atoms with Crippen LogP contribution in [0.2, 0.25) is 0 Å². The predicted octanol–water partition coefficient (Wildman–Crippen LogP) is 3.93. The van der Waals surface area contributed by atoms with Crippen molar-refractivity contribution in [1.82, 2.24) is 14.5 Å². The van der Waals surface area contributed by atoms with Gasteiger partial charge >= 0.3 is 0 Å². The molecule has 4 nitrogen and oxygen atoms in total. The van der Waals surface area contributed by atoms with Gasteiger partial charge in [0.25, 0.3) is 0 Å². The Bertz CT molecular complexity index is 906. The van der Waals surface area contributed by atoms with E-state index >= 15 is 0 Å². The summed E-state index contributed by atoms with van der Waals surface area (Å²) in [6, 6.07) is 8.83. The maximum absolute atomic E-state index is 13.3. The summed E-state index contributed by atoms with van der Waals surface area (Å²) in [6.07, 6.45) is 2.90. The third-order valence-corrected chi connectivity index (χ3v) is 6.15. The lowest BCUT2D eigenvalue weighted by atomic mass is 10.0. The van der Waals surface area contributed by atoms with Gasteiger partial charge in [-0.3, -0.25) is 4.90 Å². The second-order valence-corrected chi connectivity index (χ2v) is 8.00. The van der Waals surface area contributed by atoms with Gasteiger partial charge in [-0.25, -0.2) is 9.37 Å². The fraction of sp³-hybridized carbons (Fsp3) is 0.350. The fourth-order valence-electron chi connectivity index (χ4n) is 4.06. The second kappa shape index (κ2) is 6.30. The fourth-order valence-corrected chi connectivity index (χ4v) is 4.72. The smallest absolute Gasteiger partial charge is 0.135 e. The van der Waals surface area contributed by atoms with Crippen LogP contribution in [0.25, 0.3) is 11.3 Å². The Morgan fingerprint density at radius 2 is 2.08 bits per heavy atom. The molecule has 1 fully saturated rings. The molecule has 0 saturated carbocycles. The summed E-state index contributed by atoms with van der Waals surface area (Å²) in [5, 5.41) is 4.35. The van der Waals surface area contributed by atoms with E-state index in [9.17, 15) is 4.39 Å². The van der Waals surface area contributed by atoms with Gasteiger partial charge in [-0.1, -0.05) is 0 Å². The molecule has 0 bridgehead atoms. The normalized spacial score (nSPS) is 22.8. The molecule has 2 aromatic heterocycles. The minimum absolute atomic E-state index is 0.154. The van der Waals surface area contributed by atoms with Gasteiger partial charge in [0.1, 0.15) is 23.8 Å². The first-order valence-electron chi connectivity index (χ1n) is 8.89. The molecule has 1 unspecified atom stereocenters. The molecule has 134 valence electrons. The highest BCUT2D eigenvalue weighted by Gasteiger charge is 2.43. The van der Waals surface area contributed by atoms with Crippen molar-refractivity contribution in [3.8, 4) is 11.3 Å². The van der Waals surface area contributed by atoms with Crippen molar-refractivity contribution in [3.05, 3.63) is 64.5 Å². The van der Waals surface area contributed by atoms with Gasteiger partial charge in [0.15, 0.2) is 0 Å². The van der Waals surface area contributed by atoms with Crippen LogP contribution < -0.4 is 0 Å². The Morgan fingerprint density at radius 1 is 1.19 bits per heavy atom. The number of rotatable bonds is 3. The topological polar surface area (TPSA) is 30.3 Å². The SMILES string of the molecule is Fc1ccc(-c2cnc3n2CC2(CCN(Cc4ccsc4)C2)OC3)cc1. The van der Waals surface area contributed by atoms with Crippen LogP contribution in [-0.2, 0) is 24.4 Å². The van der Waals surface area contributed by atoms with E-state index in [4.69, 9.17) is 4.74 Å². The maximum Gasteiger partial charge on any atom is 0.135 e. The Morgan fingerprint density at radius 3 is 2.88 bits per heavy atom. The van der Waals surface area contributed by atoms with E-state index in [2.05, 4.69) is 31.3 Å². The lowest BCUT2D eigenvalue weighted by Crippen LogP contribution is -2.44. The zero-order valence-electron chi connectivity index (χ0n) is 14.4. The molecule has 1 saturated heterocycles. The number of aromatic nitrogens is 2. The zero-order chi connectivity index (χ0) is 17.6. The molecule has 0 aliphatic carbocycles. The minimum atomic E-state index is -0.216. The Balaban J connectivity index is 1.38. The highest BCUT2D eigenvalue weighted by molar-refractivity contribution is 7.07. The van der Waals surface area contributed by atoms with E-state index < -0.39 is 0 Å². The van der Waals surface area contributed by atoms with Gasteiger partial charge in [0.05, 0.1) is 18.4 Å². The van der Waals surface area contributed by atoms with Crippen molar-refractivity contribution in [2.45, 2.75) is 31.7 Å². The van der Waals surface area contributed by atoms with Crippen LogP contribution in [0.1, 0.15) is 17.8 Å². The highest BCUT2D eigenvalue weighted by atomic mass is 32.1. The lowest BCUT2D eigenvalue weighted by molar-refractivity contribution is -0.0821. The number of halogens is 1. The van der Waals surface area contributed by atoms with Crippen molar-refractivity contribution in [3.63, 3.8) is 0 Å². The highest BCUT2D eigenvalue weighted by Crippen LogP contribution is 2.35. The summed E-state index contributed by atoms with van der Waals surface area (Å²) in [5.41, 5.74) is 3.26. The van der Waals surface area contributed by atoms with E-state index in [1.54, 1.807) is 11.3 Å². The van der Waals surface area contributed by atoms with Gasteiger partial charge in [-0.15, -0.1) is 0 Å². The van der Waals surface area contributed by atoms with Crippen LogP contribution in [0, 0.1) is 5.82 Å². The van der Waals surface area contributed by atoms with E-state index in [1.807, 2.05) is 18.3 Å². The van der Waals surface area contributed by atoms with Gasteiger partial charge in [-0.2, -0.15) is 11.3 Å². The summed E-state index contributed by atoms with van der Waals surface area (Å²) >= 11 is 1.75. The number of fused-ring (bicyclic) bond motifs is 1. The number of ether oxygens (including phenoxy) is 1. The van der Waals surface area contributed by atoms with E-state index in [0.29, 0.717) is 6.61 Å². The van der Waals surface area contributed by atoms with E-state index in [-0.39, 0.29) is 11.4 Å². The van der Waals surface area contributed by atoms with Crippen molar-refractivity contribution in [2.75, 3.05) is 13.1 Å². The zero-order valence-corrected chi connectivity index (χ0v) is 15.2. The van der Waals surface area contributed by atoms with Crippen LogP contribution >= 0.6 is 11.3 Å². The predicted molar refractivity (Wildman–Crippen MR) is 99.4 cm³/mol. The van der Waals surface area contributed by atoms with Crippen molar-refractivity contribution in [2.24, 2.45) is 0 Å². The third-order valence-electron chi connectivity index (χ3n) is 5.41. The number of likely N-dealkylation sites (tertiary alicyclic amines) is 1. The van der Waals surface area contributed by atoms with Crippen molar-refractivity contribution < 1.29 is 9.13 Å². The molecular weight excluding hydrogens is 349 g/mol. The number of nitrogens with zero attached hydrogens (tertiary/aromatic N) is 3. The van der Waals surface area contributed by atoms with Crippen LogP contribution in [0.4, 0.5) is 4.39 Å². The van der Waals surface area contributed by atoms with Gasteiger partial charge in [-0.05, 0) is 58.6 Å². The minimum Gasteiger partial charge on any atom is -0.364 e. The van der Waals surface area contributed by atoms with Crippen LogP contribution in [0.5, 0.6) is 0 Å². The van der Waals surface area contributed by atoms with Crippen LogP contribution in [0.15, 0.2) is 47.3 Å². The average molecular weight is 369 g/mol. The number of imidazole rings is 1. The monoisotopic (exact) mass is 369 g/mol. The average Bonchev–Trinajstić information content (AvgIpc) is 3.37. The molecule has 0 N–H and O–H groups in total. The molecule has 3 aromatic rings. The lowest BCUT2D eigenvalue weighted by Gasteiger charge is -2.35. The molecule has 4 heterocycles. The van der Waals surface area contributed by atoms with E-state index in [1.165, 1.54) is 17.7 Å². The third kappa shape index (κ3) is 2.88. The Kier molecular flexibility index (Phi) is 3.92. The maximum atomic E-state index is 13.3. The molecule has 6 heteroatoms. The summed E-state index contributed by atoms with van der Waals surface area (Å²) in [5.74, 6) is 0.734. The first-order chi connectivity index (χ1) is 12.7. The molecule has 1 spiro atoms. The number of hydrogen-bond donors (Lipinski definition) is 0. The molecule has 0 amide bonds. The molecule has 2 aliphatic rings. The largest absolute Gasteiger partial charge is 0.364 e. The Hall–Kier alpha value is -2.02. The number of hydrogen-bond acceptors (Lipinski definition) is 4. The molecule has 26 heavy (non-hydrogen) atoms. The Labute approximate surface area is 155 Å². The van der Waals surface area contributed by atoms with Crippen molar-refractivity contribution >= 4 is 11.3 Å². The van der Waals surface area contributed by atoms with Crippen LogP contribution in [-0.4, -0.2) is 33.1 Å². The molecular formula is C20H20FN3OS. The summed E-state index contributed by atoms with van der Waals surface area (Å²) in [6.45, 7) is 4.30. The quantitative estimate of drug-likeness (QED) is 0.701. The first kappa shape index (κ1) is 16.2. The first-order valence-corrected chi connectivity index (χ1v) is 9.83. The van der Waals surface area contributed by atoms with Crippen LogP contribution in [0.3, 0.4) is 0 Å². The summed E-state index contributed by atoms with van der Waals surface area (Å²) in [7, 11) is 0. The molecule has 1 aromatic carbocycles.